The van der Waals surface area contributed by atoms with Gasteiger partial charge in [0.05, 0.1) is 23.9 Å². The summed E-state index contributed by atoms with van der Waals surface area (Å²) in [6.45, 7) is 7.91. The van der Waals surface area contributed by atoms with Crippen LogP contribution in [0.5, 0.6) is 0 Å². The zero-order valence-corrected chi connectivity index (χ0v) is 18.3. The van der Waals surface area contributed by atoms with E-state index in [9.17, 15) is 4.79 Å². The van der Waals surface area contributed by atoms with Crippen LogP contribution in [0.2, 0.25) is 0 Å². The van der Waals surface area contributed by atoms with Gasteiger partial charge in [-0.2, -0.15) is 10.2 Å². The molecule has 0 aromatic carbocycles. The largest absolute Gasteiger partial charge is 0.383 e. The van der Waals surface area contributed by atoms with Crippen molar-refractivity contribution in [3.63, 3.8) is 0 Å². The number of fused-ring (bicyclic) bond motifs is 1. The summed E-state index contributed by atoms with van der Waals surface area (Å²) in [5, 5.41) is 12.3. The van der Waals surface area contributed by atoms with Crippen LogP contribution in [-0.2, 0) is 11.8 Å². The zero-order chi connectivity index (χ0) is 21.6. The summed E-state index contributed by atoms with van der Waals surface area (Å²) in [4.78, 5) is 15.5. The maximum Gasteiger partial charge on any atom is 0.264 e. The molecule has 3 aromatic rings. The van der Waals surface area contributed by atoms with Crippen molar-refractivity contribution in [1.29, 1.82) is 0 Å². The molecule has 1 aliphatic rings. The molecule has 30 heavy (non-hydrogen) atoms. The molecule has 1 aliphatic heterocycles. The Morgan fingerprint density at radius 1 is 1.37 bits per heavy atom. The minimum Gasteiger partial charge on any atom is -0.383 e. The van der Waals surface area contributed by atoms with Crippen molar-refractivity contribution in [2.45, 2.75) is 45.7 Å². The molecule has 0 spiro atoms. The van der Waals surface area contributed by atoms with Gasteiger partial charge < -0.3 is 19.9 Å². The third kappa shape index (κ3) is 3.27. The standard InChI is InChI=1S/C21H31N7O2/c1-12(2)13(3)28-10-15(19-18(21(28)29)20(22)24-23-19)16-9-17(26(4)25-16)27-8-6-7-14(27)11-30-5/h9-10,12-14H,6-8,11H2,1-5H3,(H3,22,23,24)/t13-,14+/m0/s1. The van der Waals surface area contributed by atoms with Gasteiger partial charge in [-0.1, -0.05) is 13.8 Å². The van der Waals surface area contributed by atoms with E-state index in [2.05, 4.69) is 35.0 Å². The Balaban J connectivity index is 1.86. The summed E-state index contributed by atoms with van der Waals surface area (Å²) in [5.41, 5.74) is 8.16. The molecule has 9 nitrogen and oxygen atoms in total. The smallest absolute Gasteiger partial charge is 0.264 e. The molecule has 3 N–H and O–H groups in total. The molecule has 1 saturated heterocycles. The molecule has 0 amide bonds. The number of hydrogen-bond donors (Lipinski definition) is 2. The maximum absolute atomic E-state index is 13.1. The number of nitrogens with zero attached hydrogens (tertiary/aromatic N) is 5. The van der Waals surface area contributed by atoms with E-state index in [4.69, 9.17) is 15.6 Å². The first-order valence-corrected chi connectivity index (χ1v) is 10.5. The van der Waals surface area contributed by atoms with Gasteiger partial charge in [0, 0.05) is 44.6 Å². The number of rotatable bonds is 6. The Hall–Kier alpha value is -2.81. The lowest BCUT2D eigenvalue weighted by atomic mass is 10.0. The van der Waals surface area contributed by atoms with E-state index >= 15 is 0 Å². The van der Waals surface area contributed by atoms with Crippen molar-refractivity contribution in [1.82, 2.24) is 24.5 Å². The zero-order valence-electron chi connectivity index (χ0n) is 18.3. The normalized spacial score (nSPS) is 18.1. The fourth-order valence-corrected chi connectivity index (χ4v) is 4.34. The molecule has 4 rings (SSSR count). The van der Waals surface area contributed by atoms with Gasteiger partial charge in [0.25, 0.3) is 5.56 Å². The lowest BCUT2D eigenvalue weighted by molar-refractivity contribution is 0.180. The van der Waals surface area contributed by atoms with Crippen LogP contribution in [-0.4, -0.2) is 50.8 Å². The SMILES string of the molecule is COC[C@H]1CCCN1c1cc(-c2cn([C@@H](C)C(C)C)c(=O)c3c(N)n[nH]c23)nn1C. The lowest BCUT2D eigenvalue weighted by Gasteiger charge is -2.25. The molecule has 1 fully saturated rings. The Bertz CT molecular complexity index is 1110. The van der Waals surface area contributed by atoms with Crippen molar-refractivity contribution >= 4 is 22.5 Å². The number of nitrogens with two attached hydrogens (primary N) is 1. The number of ether oxygens (including phenoxy) is 1. The average Bonchev–Trinajstić information content (AvgIpc) is 3.41. The van der Waals surface area contributed by atoms with Crippen LogP contribution in [0.4, 0.5) is 11.6 Å². The predicted octanol–water partition coefficient (Wildman–Crippen LogP) is 2.54. The number of pyridine rings is 1. The molecule has 0 aliphatic carbocycles. The molecule has 162 valence electrons. The number of nitrogens with one attached hydrogen (secondary N) is 1. The summed E-state index contributed by atoms with van der Waals surface area (Å²) in [7, 11) is 3.69. The molecular weight excluding hydrogens is 382 g/mol. The Morgan fingerprint density at radius 3 is 2.83 bits per heavy atom. The fourth-order valence-electron chi connectivity index (χ4n) is 4.34. The number of hydrogen-bond acceptors (Lipinski definition) is 6. The van der Waals surface area contributed by atoms with Crippen LogP contribution < -0.4 is 16.2 Å². The molecule has 0 unspecified atom stereocenters. The fraction of sp³-hybridized carbons (Fsp3) is 0.571. The molecule has 3 aromatic heterocycles. The first-order chi connectivity index (χ1) is 14.3. The van der Waals surface area contributed by atoms with E-state index in [1.54, 1.807) is 11.7 Å². The van der Waals surface area contributed by atoms with Gasteiger partial charge in [-0.15, -0.1) is 0 Å². The molecule has 4 heterocycles. The second-order valence-corrected chi connectivity index (χ2v) is 8.55. The van der Waals surface area contributed by atoms with Crippen LogP contribution in [0.3, 0.4) is 0 Å². The van der Waals surface area contributed by atoms with Gasteiger partial charge in [-0.25, -0.2) is 0 Å². The first kappa shape index (κ1) is 20.5. The van der Waals surface area contributed by atoms with E-state index in [1.807, 2.05) is 24.9 Å². The third-order valence-corrected chi connectivity index (χ3v) is 6.35. The van der Waals surface area contributed by atoms with Crippen molar-refractivity contribution in [2.24, 2.45) is 13.0 Å². The van der Waals surface area contributed by atoms with Crippen LogP contribution >= 0.6 is 0 Å². The molecule has 0 bridgehead atoms. The summed E-state index contributed by atoms with van der Waals surface area (Å²) >= 11 is 0. The molecule has 0 radical (unpaired) electrons. The highest BCUT2D eigenvalue weighted by molar-refractivity contribution is 5.97. The van der Waals surface area contributed by atoms with Gasteiger partial charge in [0.15, 0.2) is 5.82 Å². The number of aromatic nitrogens is 5. The van der Waals surface area contributed by atoms with Gasteiger partial charge >= 0.3 is 0 Å². The van der Waals surface area contributed by atoms with Crippen LogP contribution in [0, 0.1) is 5.92 Å². The minimum atomic E-state index is -0.128. The number of H-pyrrole nitrogens is 1. The lowest BCUT2D eigenvalue weighted by Crippen LogP contribution is -2.34. The van der Waals surface area contributed by atoms with E-state index in [0.717, 1.165) is 36.5 Å². The van der Waals surface area contributed by atoms with Gasteiger partial charge in [-0.3, -0.25) is 14.6 Å². The van der Waals surface area contributed by atoms with Crippen LogP contribution in [0.15, 0.2) is 17.1 Å². The highest BCUT2D eigenvalue weighted by Gasteiger charge is 2.28. The quantitative estimate of drug-likeness (QED) is 0.643. The first-order valence-electron chi connectivity index (χ1n) is 10.5. The highest BCUT2D eigenvalue weighted by atomic mass is 16.5. The predicted molar refractivity (Wildman–Crippen MR) is 119 cm³/mol. The van der Waals surface area contributed by atoms with Crippen LogP contribution in [0.25, 0.3) is 22.2 Å². The van der Waals surface area contributed by atoms with Gasteiger partial charge in [-0.05, 0) is 25.7 Å². The molecule has 9 heteroatoms. The van der Waals surface area contributed by atoms with E-state index in [1.165, 1.54) is 0 Å². The third-order valence-electron chi connectivity index (χ3n) is 6.35. The van der Waals surface area contributed by atoms with Gasteiger partial charge in [0.2, 0.25) is 0 Å². The van der Waals surface area contributed by atoms with E-state index in [0.29, 0.717) is 29.5 Å². The number of anilines is 2. The summed E-state index contributed by atoms with van der Waals surface area (Å²) in [6.07, 6.45) is 4.12. The minimum absolute atomic E-state index is 0.0165. The molecule has 2 atom stereocenters. The summed E-state index contributed by atoms with van der Waals surface area (Å²) in [5.74, 6) is 1.55. The summed E-state index contributed by atoms with van der Waals surface area (Å²) < 4.78 is 9.07. The van der Waals surface area contributed by atoms with Crippen molar-refractivity contribution in [2.75, 3.05) is 30.9 Å². The number of aryl methyl sites for hydroxylation is 1. The van der Waals surface area contributed by atoms with Crippen molar-refractivity contribution < 1.29 is 4.74 Å². The number of methoxy groups -OCH3 is 1. The Kier molecular flexibility index (Phi) is 5.31. The summed E-state index contributed by atoms with van der Waals surface area (Å²) in [6, 6.07) is 2.44. The van der Waals surface area contributed by atoms with Crippen LogP contribution in [0.1, 0.15) is 39.7 Å². The Labute approximate surface area is 175 Å². The maximum atomic E-state index is 13.1. The highest BCUT2D eigenvalue weighted by Crippen LogP contribution is 2.33. The van der Waals surface area contributed by atoms with Crippen molar-refractivity contribution in [3.05, 3.63) is 22.6 Å². The molecular formula is C21H31N7O2. The Morgan fingerprint density at radius 2 is 2.13 bits per heavy atom. The number of nitrogen functional groups attached to an aromatic ring is 1. The second kappa shape index (κ2) is 7.79. The average molecular weight is 414 g/mol. The monoisotopic (exact) mass is 413 g/mol. The van der Waals surface area contributed by atoms with E-state index < -0.39 is 0 Å². The number of aromatic amines is 1. The molecule has 0 saturated carbocycles. The van der Waals surface area contributed by atoms with E-state index in [-0.39, 0.29) is 17.4 Å². The van der Waals surface area contributed by atoms with Crippen molar-refractivity contribution in [3.8, 4) is 11.3 Å². The topological polar surface area (TPSA) is 107 Å². The second-order valence-electron chi connectivity index (χ2n) is 8.55. The van der Waals surface area contributed by atoms with Gasteiger partial charge in [0.1, 0.15) is 11.2 Å².